The van der Waals surface area contributed by atoms with E-state index in [9.17, 15) is 0 Å². The van der Waals surface area contributed by atoms with Crippen molar-refractivity contribution in [2.75, 3.05) is 12.4 Å². The third kappa shape index (κ3) is 1.41. The van der Waals surface area contributed by atoms with Crippen LogP contribution in [0.4, 0.5) is 5.95 Å². The van der Waals surface area contributed by atoms with Crippen molar-refractivity contribution in [2.24, 2.45) is 0 Å². The third-order valence-corrected chi connectivity index (χ3v) is 1.10. The lowest BCUT2D eigenvalue weighted by atomic mass is 10.4. The Labute approximate surface area is 58.9 Å². The van der Waals surface area contributed by atoms with Crippen molar-refractivity contribution in [3.63, 3.8) is 0 Å². The summed E-state index contributed by atoms with van der Waals surface area (Å²) in [6, 6.07) is 1.67. The van der Waals surface area contributed by atoms with Crippen LogP contribution in [0.15, 0.2) is 12.3 Å². The fraction of sp³-hybridized carbons (Fsp3) is 0.333. The number of aliphatic hydroxyl groups excluding tert-OH is 1. The SMILES string of the molecule is CNc1nccc(CO)n1. The zero-order chi connectivity index (χ0) is 7.40. The maximum Gasteiger partial charge on any atom is 0.222 e. The molecule has 10 heavy (non-hydrogen) atoms. The molecule has 0 aliphatic heterocycles. The molecule has 0 aliphatic rings. The van der Waals surface area contributed by atoms with Crippen LogP contribution in [-0.2, 0) is 6.61 Å². The number of aromatic nitrogens is 2. The number of aliphatic hydroxyl groups is 1. The fourth-order valence-corrected chi connectivity index (χ4v) is 0.605. The predicted octanol–water partition coefficient (Wildman–Crippen LogP) is 0.0106. The summed E-state index contributed by atoms with van der Waals surface area (Å²) in [5.41, 5.74) is 0.624. The maximum absolute atomic E-state index is 8.64. The van der Waals surface area contributed by atoms with Crippen LogP contribution in [-0.4, -0.2) is 22.1 Å². The second kappa shape index (κ2) is 3.12. The quantitative estimate of drug-likeness (QED) is 0.606. The first-order valence-electron chi connectivity index (χ1n) is 2.97. The number of hydrogen-bond acceptors (Lipinski definition) is 4. The van der Waals surface area contributed by atoms with Crippen LogP contribution in [0, 0.1) is 0 Å². The molecule has 0 aliphatic carbocycles. The summed E-state index contributed by atoms with van der Waals surface area (Å²) in [5, 5.41) is 11.4. The van der Waals surface area contributed by atoms with E-state index in [0.29, 0.717) is 11.6 Å². The lowest BCUT2D eigenvalue weighted by molar-refractivity contribution is 0.277. The average molecular weight is 139 g/mol. The molecule has 1 rings (SSSR count). The molecule has 2 N–H and O–H groups in total. The molecule has 0 saturated carbocycles. The molecule has 0 bridgehead atoms. The van der Waals surface area contributed by atoms with Crippen molar-refractivity contribution in [1.82, 2.24) is 9.97 Å². The van der Waals surface area contributed by atoms with Crippen molar-refractivity contribution in [3.05, 3.63) is 18.0 Å². The lowest BCUT2D eigenvalue weighted by Crippen LogP contribution is -1.98. The predicted molar refractivity (Wildman–Crippen MR) is 37.5 cm³/mol. The molecule has 0 fully saturated rings. The van der Waals surface area contributed by atoms with Gasteiger partial charge in [0.15, 0.2) is 0 Å². The maximum atomic E-state index is 8.64. The van der Waals surface area contributed by atoms with Crippen LogP contribution in [0.3, 0.4) is 0 Å². The minimum absolute atomic E-state index is 0.0444. The number of nitrogens with one attached hydrogen (secondary N) is 1. The number of nitrogens with zero attached hydrogens (tertiary/aromatic N) is 2. The van der Waals surface area contributed by atoms with Crippen LogP contribution in [0.25, 0.3) is 0 Å². The van der Waals surface area contributed by atoms with Crippen molar-refractivity contribution < 1.29 is 5.11 Å². The van der Waals surface area contributed by atoms with Crippen molar-refractivity contribution in [2.45, 2.75) is 6.61 Å². The van der Waals surface area contributed by atoms with Gasteiger partial charge in [0.2, 0.25) is 5.95 Å². The number of hydrogen-bond donors (Lipinski definition) is 2. The van der Waals surface area contributed by atoms with Gasteiger partial charge in [0.1, 0.15) is 0 Å². The summed E-state index contributed by atoms with van der Waals surface area (Å²) in [7, 11) is 1.73. The van der Waals surface area contributed by atoms with Gasteiger partial charge in [-0.2, -0.15) is 0 Å². The molecule has 0 aromatic carbocycles. The molecule has 4 heteroatoms. The van der Waals surface area contributed by atoms with E-state index in [1.54, 1.807) is 19.3 Å². The first kappa shape index (κ1) is 6.95. The van der Waals surface area contributed by atoms with Gasteiger partial charge in [0.05, 0.1) is 12.3 Å². The number of rotatable bonds is 2. The monoisotopic (exact) mass is 139 g/mol. The molecule has 1 aromatic rings. The van der Waals surface area contributed by atoms with E-state index in [1.165, 1.54) is 0 Å². The minimum Gasteiger partial charge on any atom is -0.390 e. The van der Waals surface area contributed by atoms with Gasteiger partial charge in [-0.05, 0) is 6.07 Å². The fourth-order valence-electron chi connectivity index (χ4n) is 0.605. The summed E-state index contributed by atoms with van der Waals surface area (Å²) in [4.78, 5) is 7.81. The normalized spacial score (nSPS) is 9.40. The standard InChI is InChI=1S/C6H9N3O/c1-7-6-8-3-2-5(4-10)9-6/h2-3,10H,4H2,1H3,(H,7,8,9). The molecule has 4 nitrogen and oxygen atoms in total. The summed E-state index contributed by atoms with van der Waals surface area (Å²) >= 11 is 0. The molecule has 0 saturated heterocycles. The highest BCUT2D eigenvalue weighted by molar-refractivity contribution is 5.23. The molecular weight excluding hydrogens is 130 g/mol. The molecule has 0 radical (unpaired) electrons. The van der Waals surface area contributed by atoms with E-state index in [4.69, 9.17) is 5.11 Å². The Kier molecular flexibility index (Phi) is 2.17. The Morgan fingerprint density at radius 2 is 2.50 bits per heavy atom. The van der Waals surface area contributed by atoms with Gasteiger partial charge in [-0.3, -0.25) is 0 Å². The van der Waals surface area contributed by atoms with Gasteiger partial charge in [-0.1, -0.05) is 0 Å². The van der Waals surface area contributed by atoms with Crippen LogP contribution in [0.5, 0.6) is 0 Å². The molecule has 0 amide bonds. The van der Waals surface area contributed by atoms with E-state index < -0.39 is 0 Å². The van der Waals surface area contributed by atoms with E-state index >= 15 is 0 Å². The largest absolute Gasteiger partial charge is 0.390 e. The van der Waals surface area contributed by atoms with Crippen molar-refractivity contribution >= 4 is 5.95 Å². The first-order chi connectivity index (χ1) is 4.86. The highest BCUT2D eigenvalue weighted by atomic mass is 16.3. The summed E-state index contributed by atoms with van der Waals surface area (Å²) in [5.74, 6) is 0.534. The summed E-state index contributed by atoms with van der Waals surface area (Å²) in [6.45, 7) is -0.0444. The Hall–Kier alpha value is -1.16. The smallest absolute Gasteiger partial charge is 0.222 e. The molecule has 54 valence electrons. The minimum atomic E-state index is -0.0444. The van der Waals surface area contributed by atoms with Gasteiger partial charge >= 0.3 is 0 Å². The highest BCUT2D eigenvalue weighted by Crippen LogP contribution is 1.97. The van der Waals surface area contributed by atoms with Crippen LogP contribution in [0.1, 0.15) is 5.69 Å². The van der Waals surface area contributed by atoms with E-state index in [-0.39, 0.29) is 6.61 Å². The van der Waals surface area contributed by atoms with Crippen LogP contribution in [0.2, 0.25) is 0 Å². The zero-order valence-electron chi connectivity index (χ0n) is 5.70. The zero-order valence-corrected chi connectivity index (χ0v) is 5.70. The van der Waals surface area contributed by atoms with Gasteiger partial charge in [0, 0.05) is 13.2 Å². The van der Waals surface area contributed by atoms with E-state index in [0.717, 1.165) is 0 Å². The third-order valence-electron chi connectivity index (χ3n) is 1.10. The van der Waals surface area contributed by atoms with Gasteiger partial charge in [-0.25, -0.2) is 9.97 Å². The molecule has 1 heterocycles. The Balaban J connectivity index is 2.87. The lowest BCUT2D eigenvalue weighted by Gasteiger charge is -1.97. The summed E-state index contributed by atoms with van der Waals surface area (Å²) < 4.78 is 0. The van der Waals surface area contributed by atoms with Gasteiger partial charge < -0.3 is 10.4 Å². The van der Waals surface area contributed by atoms with Crippen molar-refractivity contribution in [1.29, 1.82) is 0 Å². The molecule has 0 atom stereocenters. The van der Waals surface area contributed by atoms with Crippen LogP contribution >= 0.6 is 0 Å². The van der Waals surface area contributed by atoms with Crippen molar-refractivity contribution in [3.8, 4) is 0 Å². The Morgan fingerprint density at radius 3 is 3.10 bits per heavy atom. The van der Waals surface area contributed by atoms with Gasteiger partial charge in [-0.15, -0.1) is 0 Å². The first-order valence-corrected chi connectivity index (χ1v) is 2.97. The van der Waals surface area contributed by atoms with Gasteiger partial charge in [0.25, 0.3) is 0 Å². The Morgan fingerprint density at radius 1 is 1.70 bits per heavy atom. The molecule has 1 aromatic heterocycles. The molecular formula is C6H9N3O. The molecule has 0 spiro atoms. The average Bonchev–Trinajstić information content (AvgIpc) is 2.05. The van der Waals surface area contributed by atoms with E-state index in [1.807, 2.05) is 0 Å². The molecule has 0 unspecified atom stereocenters. The highest BCUT2D eigenvalue weighted by Gasteiger charge is 1.92. The second-order valence-electron chi connectivity index (χ2n) is 1.78. The number of anilines is 1. The Bertz CT molecular complexity index is 195. The summed E-state index contributed by atoms with van der Waals surface area (Å²) in [6.07, 6.45) is 1.60. The second-order valence-corrected chi connectivity index (χ2v) is 1.78. The topological polar surface area (TPSA) is 58.0 Å². The van der Waals surface area contributed by atoms with Crippen LogP contribution < -0.4 is 5.32 Å². The van der Waals surface area contributed by atoms with E-state index in [2.05, 4.69) is 15.3 Å².